The van der Waals surface area contributed by atoms with Crippen LogP contribution in [-0.2, 0) is 20.2 Å². The molecule has 0 atom stereocenters. The van der Waals surface area contributed by atoms with Gasteiger partial charge in [-0.3, -0.25) is 18.7 Å². The van der Waals surface area contributed by atoms with E-state index in [0.717, 1.165) is 18.2 Å². The van der Waals surface area contributed by atoms with Crippen LogP contribution in [0.1, 0.15) is 27.6 Å². The Kier molecular flexibility index (Phi) is 5.89. The van der Waals surface area contributed by atoms with Gasteiger partial charge in [-0.05, 0) is 37.3 Å². The largest absolute Gasteiger partial charge is 0.387 e. The number of carbonyl (C=O) groups excluding carboxylic acids is 2. The average molecular weight is 428 g/mol. The van der Waals surface area contributed by atoms with Gasteiger partial charge in [0.2, 0.25) is 0 Å². The molecule has 0 fully saturated rings. The van der Waals surface area contributed by atoms with Gasteiger partial charge in [-0.2, -0.15) is 16.8 Å². The molecule has 0 aliphatic rings. The first-order valence-corrected chi connectivity index (χ1v) is 10.5. The van der Waals surface area contributed by atoms with E-state index >= 15 is 0 Å². The van der Waals surface area contributed by atoms with Crippen LogP contribution < -0.4 is 10.6 Å². The van der Waals surface area contributed by atoms with Crippen molar-refractivity contribution in [3.63, 3.8) is 0 Å². The fraction of sp³-hybridized carbons (Fsp3) is 0.125. The highest BCUT2D eigenvalue weighted by molar-refractivity contribution is 7.86. The molecule has 4 N–H and O–H groups in total. The Labute approximate surface area is 161 Å². The predicted octanol–water partition coefficient (Wildman–Crippen LogP) is 1.68. The Bertz CT molecular complexity index is 1170. The molecule has 0 unspecified atom stereocenters. The number of amides is 1. The van der Waals surface area contributed by atoms with Crippen molar-refractivity contribution in [2.45, 2.75) is 16.7 Å². The molecule has 0 bridgehead atoms. The maximum Gasteiger partial charge on any atom is 0.296 e. The van der Waals surface area contributed by atoms with E-state index in [1.165, 1.54) is 32.2 Å². The first-order valence-electron chi connectivity index (χ1n) is 7.57. The van der Waals surface area contributed by atoms with E-state index in [0.29, 0.717) is 0 Å². The molecular weight excluding hydrogens is 412 g/mol. The number of anilines is 2. The van der Waals surface area contributed by atoms with Crippen molar-refractivity contribution in [3.8, 4) is 0 Å². The first kappa shape index (κ1) is 21.5. The summed E-state index contributed by atoms with van der Waals surface area (Å²) in [5.74, 6) is -1.46. The molecule has 150 valence electrons. The van der Waals surface area contributed by atoms with Gasteiger partial charge in [-0.15, -0.1) is 0 Å². The Morgan fingerprint density at radius 2 is 1.50 bits per heavy atom. The average Bonchev–Trinajstić information content (AvgIpc) is 2.59. The van der Waals surface area contributed by atoms with Crippen LogP contribution in [0.4, 0.5) is 11.4 Å². The second kappa shape index (κ2) is 7.67. The highest BCUT2D eigenvalue weighted by Gasteiger charge is 2.23. The molecule has 0 aliphatic heterocycles. The second-order valence-corrected chi connectivity index (χ2v) is 8.41. The van der Waals surface area contributed by atoms with E-state index in [-0.39, 0.29) is 16.9 Å². The molecule has 0 heterocycles. The monoisotopic (exact) mass is 428 g/mol. The van der Waals surface area contributed by atoms with Crippen LogP contribution in [0.2, 0.25) is 0 Å². The summed E-state index contributed by atoms with van der Waals surface area (Å²) in [5, 5.41) is 4.84. The standard InChI is InChI=1S/C16H16N2O8S2/c1-9(19)10-3-5-12(14(7-10)27(21,22)23)16(20)18-11-4-6-13(17-2)15(8-11)28(24,25)26/h3-8,17H,1-2H3,(H,18,20)(H,21,22,23)(H,24,25,26). The van der Waals surface area contributed by atoms with Crippen molar-refractivity contribution in [1.82, 2.24) is 0 Å². The fourth-order valence-electron chi connectivity index (χ4n) is 2.36. The highest BCUT2D eigenvalue weighted by Crippen LogP contribution is 2.26. The van der Waals surface area contributed by atoms with Crippen molar-refractivity contribution in [2.75, 3.05) is 17.7 Å². The number of benzene rings is 2. The van der Waals surface area contributed by atoms with E-state index in [4.69, 9.17) is 0 Å². The van der Waals surface area contributed by atoms with E-state index in [2.05, 4.69) is 10.6 Å². The second-order valence-electron chi connectivity index (χ2n) is 5.63. The summed E-state index contributed by atoms with van der Waals surface area (Å²) in [7, 11) is -8.00. The summed E-state index contributed by atoms with van der Waals surface area (Å²) in [6.45, 7) is 1.18. The van der Waals surface area contributed by atoms with Crippen molar-refractivity contribution in [2.24, 2.45) is 0 Å². The minimum atomic E-state index is -4.83. The molecule has 10 nitrogen and oxygen atoms in total. The van der Waals surface area contributed by atoms with Gasteiger partial charge >= 0.3 is 0 Å². The van der Waals surface area contributed by atoms with Crippen LogP contribution >= 0.6 is 0 Å². The lowest BCUT2D eigenvalue weighted by molar-refractivity contribution is 0.100. The predicted molar refractivity (Wildman–Crippen MR) is 100 cm³/mol. The fourth-order valence-corrected chi connectivity index (χ4v) is 3.80. The molecule has 1 amide bonds. The highest BCUT2D eigenvalue weighted by atomic mass is 32.2. The number of hydrogen-bond donors (Lipinski definition) is 4. The molecule has 2 aromatic carbocycles. The van der Waals surface area contributed by atoms with Gasteiger partial charge in [-0.25, -0.2) is 0 Å². The third kappa shape index (κ3) is 4.72. The summed E-state index contributed by atoms with van der Waals surface area (Å²) in [6, 6.07) is 6.67. The quantitative estimate of drug-likeness (QED) is 0.395. The topological polar surface area (TPSA) is 167 Å². The Morgan fingerprint density at radius 3 is 2.00 bits per heavy atom. The van der Waals surface area contributed by atoms with Gasteiger partial charge in [0.15, 0.2) is 5.78 Å². The van der Waals surface area contributed by atoms with Crippen LogP contribution in [0, 0.1) is 0 Å². The first-order chi connectivity index (χ1) is 12.8. The normalized spacial score (nSPS) is 11.7. The maximum atomic E-state index is 12.5. The van der Waals surface area contributed by atoms with E-state index in [1.807, 2.05) is 0 Å². The van der Waals surface area contributed by atoms with Gasteiger partial charge in [0.25, 0.3) is 26.1 Å². The van der Waals surface area contributed by atoms with Crippen molar-refractivity contribution < 1.29 is 35.5 Å². The number of rotatable bonds is 6. The lowest BCUT2D eigenvalue weighted by Gasteiger charge is -2.12. The molecule has 2 rings (SSSR count). The van der Waals surface area contributed by atoms with Crippen LogP contribution in [0.3, 0.4) is 0 Å². The summed E-state index contributed by atoms with van der Waals surface area (Å²) in [5.41, 5.74) is -0.478. The smallest absolute Gasteiger partial charge is 0.296 e. The van der Waals surface area contributed by atoms with E-state index in [1.54, 1.807) is 0 Å². The maximum absolute atomic E-state index is 12.5. The number of carbonyl (C=O) groups is 2. The lowest BCUT2D eigenvalue weighted by atomic mass is 10.1. The molecule has 12 heteroatoms. The van der Waals surface area contributed by atoms with Gasteiger partial charge in [0.05, 0.1) is 11.3 Å². The van der Waals surface area contributed by atoms with Crippen molar-refractivity contribution in [3.05, 3.63) is 47.5 Å². The summed E-state index contributed by atoms with van der Waals surface area (Å²) in [4.78, 5) is 22.6. The zero-order chi connectivity index (χ0) is 21.3. The van der Waals surface area contributed by atoms with Crippen molar-refractivity contribution >= 4 is 43.3 Å². The summed E-state index contributed by atoms with van der Waals surface area (Å²) < 4.78 is 64.8. The molecule has 0 spiro atoms. The third-order valence-corrected chi connectivity index (χ3v) is 5.48. The number of ketones is 1. The number of nitrogens with one attached hydrogen (secondary N) is 2. The van der Waals surface area contributed by atoms with Crippen LogP contribution in [0.15, 0.2) is 46.2 Å². The van der Waals surface area contributed by atoms with Gasteiger partial charge in [0, 0.05) is 18.3 Å². The number of hydrogen-bond acceptors (Lipinski definition) is 7. The minimum absolute atomic E-state index is 0.0313. The van der Waals surface area contributed by atoms with Crippen LogP contribution in [0.25, 0.3) is 0 Å². The Balaban J connectivity index is 2.50. The van der Waals surface area contributed by atoms with E-state index < -0.39 is 47.3 Å². The Hall–Kier alpha value is -2.80. The minimum Gasteiger partial charge on any atom is -0.387 e. The molecule has 0 aromatic heterocycles. The van der Waals surface area contributed by atoms with E-state index in [9.17, 15) is 35.5 Å². The summed E-state index contributed by atoms with van der Waals surface area (Å²) in [6.07, 6.45) is 0. The van der Waals surface area contributed by atoms with Crippen LogP contribution in [-0.4, -0.2) is 44.7 Å². The van der Waals surface area contributed by atoms with Gasteiger partial charge < -0.3 is 10.6 Å². The van der Waals surface area contributed by atoms with Gasteiger partial charge in [-0.1, -0.05) is 6.07 Å². The van der Waals surface area contributed by atoms with Crippen LogP contribution in [0.5, 0.6) is 0 Å². The molecule has 2 aromatic rings. The van der Waals surface area contributed by atoms with Gasteiger partial charge in [0.1, 0.15) is 9.79 Å². The molecule has 0 aliphatic carbocycles. The molecule has 0 saturated heterocycles. The Morgan fingerprint density at radius 1 is 0.893 bits per heavy atom. The molecule has 0 radical (unpaired) electrons. The lowest BCUT2D eigenvalue weighted by Crippen LogP contribution is -2.17. The SMILES string of the molecule is CNc1ccc(NC(=O)c2ccc(C(C)=O)cc2S(=O)(=O)O)cc1S(=O)(=O)O. The molecule has 28 heavy (non-hydrogen) atoms. The zero-order valence-corrected chi connectivity index (χ0v) is 16.3. The zero-order valence-electron chi connectivity index (χ0n) is 14.6. The summed E-state index contributed by atoms with van der Waals surface area (Å²) >= 11 is 0. The molecular formula is C16H16N2O8S2. The number of Topliss-reactive ketones (excluding diaryl/α,β-unsaturated/α-hetero) is 1. The molecule has 0 saturated carbocycles. The van der Waals surface area contributed by atoms with Crippen molar-refractivity contribution in [1.29, 1.82) is 0 Å². The third-order valence-electron chi connectivity index (χ3n) is 3.70.